The lowest BCUT2D eigenvalue weighted by molar-refractivity contribution is 0.630. The van der Waals surface area contributed by atoms with E-state index in [2.05, 4.69) is 10.1 Å². The summed E-state index contributed by atoms with van der Waals surface area (Å²) in [5.74, 6) is 1.33. The number of nitrogen functional groups attached to an aromatic ring is 1. The van der Waals surface area contributed by atoms with Crippen molar-refractivity contribution in [1.29, 1.82) is 0 Å². The van der Waals surface area contributed by atoms with Crippen LogP contribution in [0.3, 0.4) is 0 Å². The third kappa shape index (κ3) is 3.33. The summed E-state index contributed by atoms with van der Waals surface area (Å²) in [4.78, 5) is 4.13. The maximum Gasteiger partial charge on any atom is 0.218 e. The molecule has 1 heterocycles. The Labute approximate surface area is 84.5 Å². The minimum atomic E-state index is 0.488. The molecule has 0 aliphatic rings. The van der Waals surface area contributed by atoms with Crippen LogP contribution in [-0.2, 0) is 13.5 Å². The first-order valence-electron chi connectivity index (χ1n) is 5.09. The highest BCUT2D eigenvalue weighted by Crippen LogP contribution is 2.05. The van der Waals surface area contributed by atoms with E-state index in [-0.39, 0.29) is 0 Å². The fraction of sp³-hybridized carbons (Fsp3) is 0.778. The van der Waals surface area contributed by atoms with Gasteiger partial charge in [0, 0.05) is 13.5 Å². The predicted octanol–water partition coefficient (Wildman–Crippen LogP) is 0.459. The van der Waals surface area contributed by atoms with Gasteiger partial charge in [0.15, 0.2) is 5.82 Å². The molecule has 4 N–H and O–H groups in total. The third-order valence-corrected chi connectivity index (χ3v) is 2.20. The zero-order valence-electron chi connectivity index (χ0n) is 8.74. The summed E-state index contributed by atoms with van der Waals surface area (Å²) in [5, 5.41) is 4.18. The maximum atomic E-state index is 5.57. The zero-order chi connectivity index (χ0) is 10.4. The second-order valence-corrected chi connectivity index (χ2v) is 3.46. The summed E-state index contributed by atoms with van der Waals surface area (Å²) >= 11 is 0. The Hall–Kier alpha value is -1.10. The molecule has 0 fully saturated rings. The lowest BCUT2D eigenvalue weighted by Gasteiger charge is -1.96. The van der Waals surface area contributed by atoms with Crippen LogP contribution in [0.5, 0.6) is 0 Å². The number of rotatable bonds is 6. The molecule has 1 rings (SSSR count). The fourth-order valence-electron chi connectivity index (χ4n) is 1.34. The Morgan fingerprint density at radius 2 is 1.93 bits per heavy atom. The fourth-order valence-corrected chi connectivity index (χ4v) is 1.34. The van der Waals surface area contributed by atoms with Crippen molar-refractivity contribution in [2.75, 3.05) is 12.3 Å². The molecular weight excluding hydrogens is 178 g/mol. The molecule has 0 unspecified atom stereocenters. The largest absolute Gasteiger partial charge is 0.368 e. The van der Waals surface area contributed by atoms with E-state index in [9.17, 15) is 0 Å². The molecule has 0 aliphatic carbocycles. The molecule has 0 saturated heterocycles. The minimum absolute atomic E-state index is 0.488. The first-order valence-corrected chi connectivity index (χ1v) is 5.09. The molecule has 5 nitrogen and oxygen atoms in total. The Kier molecular flexibility index (Phi) is 4.39. The molecule has 0 atom stereocenters. The van der Waals surface area contributed by atoms with Gasteiger partial charge in [-0.05, 0) is 19.4 Å². The molecule has 14 heavy (non-hydrogen) atoms. The van der Waals surface area contributed by atoms with Crippen molar-refractivity contribution in [1.82, 2.24) is 14.8 Å². The van der Waals surface area contributed by atoms with E-state index < -0.39 is 0 Å². The van der Waals surface area contributed by atoms with E-state index in [1.807, 2.05) is 0 Å². The third-order valence-electron chi connectivity index (χ3n) is 2.20. The van der Waals surface area contributed by atoms with Crippen molar-refractivity contribution in [3.8, 4) is 0 Å². The van der Waals surface area contributed by atoms with Crippen LogP contribution in [0, 0.1) is 0 Å². The van der Waals surface area contributed by atoms with Crippen molar-refractivity contribution in [3.05, 3.63) is 5.82 Å². The first kappa shape index (κ1) is 11.0. The molecule has 80 valence electrons. The summed E-state index contributed by atoms with van der Waals surface area (Å²) in [6, 6.07) is 0. The average Bonchev–Trinajstić information content (AvgIpc) is 2.46. The molecule has 0 amide bonds. The van der Waals surface area contributed by atoms with E-state index in [1.54, 1.807) is 11.7 Å². The Morgan fingerprint density at radius 1 is 1.21 bits per heavy atom. The van der Waals surface area contributed by atoms with Gasteiger partial charge in [0.05, 0.1) is 0 Å². The Bertz CT molecular complexity index is 249. The Balaban J connectivity index is 2.18. The van der Waals surface area contributed by atoms with Crippen LogP contribution in [0.1, 0.15) is 31.5 Å². The van der Waals surface area contributed by atoms with Gasteiger partial charge in [-0.3, -0.25) is 0 Å². The van der Waals surface area contributed by atoms with Gasteiger partial charge in [-0.15, -0.1) is 0 Å². The van der Waals surface area contributed by atoms with E-state index in [4.69, 9.17) is 11.5 Å². The van der Waals surface area contributed by atoms with Crippen LogP contribution in [0.2, 0.25) is 0 Å². The standard InChI is InChI=1S/C9H19N5/c1-14-9(11)12-8(13-14)6-4-2-3-5-7-10/h2-7,10H2,1H3,(H2,11,12,13). The second kappa shape index (κ2) is 5.59. The second-order valence-electron chi connectivity index (χ2n) is 3.46. The van der Waals surface area contributed by atoms with Crippen LogP contribution in [0.4, 0.5) is 5.95 Å². The summed E-state index contributed by atoms with van der Waals surface area (Å²) in [7, 11) is 1.81. The zero-order valence-corrected chi connectivity index (χ0v) is 8.74. The van der Waals surface area contributed by atoms with Gasteiger partial charge in [-0.2, -0.15) is 10.1 Å². The predicted molar refractivity (Wildman–Crippen MR) is 56.6 cm³/mol. The summed E-state index contributed by atoms with van der Waals surface area (Å²) < 4.78 is 1.61. The number of hydrogen-bond donors (Lipinski definition) is 2. The summed E-state index contributed by atoms with van der Waals surface area (Å²) in [5.41, 5.74) is 11.0. The van der Waals surface area contributed by atoms with Crippen molar-refractivity contribution >= 4 is 5.95 Å². The normalized spacial score (nSPS) is 10.7. The lowest BCUT2D eigenvalue weighted by Crippen LogP contribution is -1.98. The smallest absolute Gasteiger partial charge is 0.218 e. The van der Waals surface area contributed by atoms with E-state index in [0.717, 1.165) is 31.6 Å². The number of nitrogens with two attached hydrogens (primary N) is 2. The number of aryl methyl sites for hydroxylation is 2. The molecule has 5 heteroatoms. The number of nitrogens with zero attached hydrogens (tertiary/aromatic N) is 3. The summed E-state index contributed by atoms with van der Waals surface area (Å²) in [6.07, 6.45) is 5.52. The van der Waals surface area contributed by atoms with Crippen molar-refractivity contribution < 1.29 is 0 Å². The van der Waals surface area contributed by atoms with Gasteiger partial charge in [0.1, 0.15) is 0 Å². The molecule has 0 radical (unpaired) electrons. The van der Waals surface area contributed by atoms with Crippen LogP contribution in [-0.4, -0.2) is 21.3 Å². The molecular formula is C9H19N5. The molecule has 0 aliphatic heterocycles. The lowest BCUT2D eigenvalue weighted by atomic mass is 10.1. The van der Waals surface area contributed by atoms with Crippen LogP contribution in [0.15, 0.2) is 0 Å². The number of unbranched alkanes of at least 4 members (excludes halogenated alkanes) is 3. The summed E-state index contributed by atoms with van der Waals surface area (Å²) in [6.45, 7) is 0.786. The van der Waals surface area contributed by atoms with Crippen molar-refractivity contribution in [3.63, 3.8) is 0 Å². The van der Waals surface area contributed by atoms with Gasteiger partial charge in [0.2, 0.25) is 5.95 Å². The minimum Gasteiger partial charge on any atom is -0.368 e. The van der Waals surface area contributed by atoms with Crippen LogP contribution < -0.4 is 11.5 Å². The quantitative estimate of drug-likeness (QED) is 0.649. The molecule has 1 aromatic heterocycles. The van der Waals surface area contributed by atoms with Crippen LogP contribution in [0.25, 0.3) is 0 Å². The van der Waals surface area contributed by atoms with Gasteiger partial charge < -0.3 is 11.5 Å². The van der Waals surface area contributed by atoms with Gasteiger partial charge in [0.25, 0.3) is 0 Å². The van der Waals surface area contributed by atoms with Gasteiger partial charge in [-0.25, -0.2) is 4.68 Å². The molecule has 0 aromatic carbocycles. The highest BCUT2D eigenvalue weighted by atomic mass is 15.4. The highest BCUT2D eigenvalue weighted by molar-refractivity contribution is 5.15. The van der Waals surface area contributed by atoms with Crippen LogP contribution >= 0.6 is 0 Å². The molecule has 0 bridgehead atoms. The topological polar surface area (TPSA) is 82.8 Å². The van der Waals surface area contributed by atoms with Crippen molar-refractivity contribution in [2.45, 2.75) is 32.1 Å². The monoisotopic (exact) mass is 197 g/mol. The van der Waals surface area contributed by atoms with Gasteiger partial charge in [-0.1, -0.05) is 12.8 Å². The van der Waals surface area contributed by atoms with E-state index in [0.29, 0.717) is 5.95 Å². The highest BCUT2D eigenvalue weighted by Gasteiger charge is 2.02. The molecule has 0 saturated carbocycles. The molecule has 0 spiro atoms. The van der Waals surface area contributed by atoms with E-state index >= 15 is 0 Å². The number of aromatic nitrogens is 3. The first-order chi connectivity index (χ1) is 6.74. The number of hydrogen-bond acceptors (Lipinski definition) is 4. The molecule has 1 aromatic rings. The maximum absolute atomic E-state index is 5.57. The average molecular weight is 197 g/mol. The van der Waals surface area contributed by atoms with Crippen molar-refractivity contribution in [2.24, 2.45) is 12.8 Å². The number of anilines is 1. The van der Waals surface area contributed by atoms with E-state index in [1.165, 1.54) is 12.8 Å². The Morgan fingerprint density at radius 3 is 2.50 bits per heavy atom. The SMILES string of the molecule is Cn1nc(CCCCCCN)nc1N. The van der Waals surface area contributed by atoms with Gasteiger partial charge >= 0.3 is 0 Å².